The number of aryl methyl sites for hydroxylation is 2. The number of rotatable bonds is 9. The second kappa shape index (κ2) is 10.9. The predicted octanol–water partition coefficient (Wildman–Crippen LogP) is 3.17. The summed E-state index contributed by atoms with van der Waals surface area (Å²) in [7, 11) is 0. The Bertz CT molecular complexity index is 1080. The fourth-order valence-electron chi connectivity index (χ4n) is 3.74. The molecule has 1 heterocycles. The van der Waals surface area contributed by atoms with E-state index in [1.807, 2.05) is 51.1 Å². The fraction of sp³-hybridized carbons (Fsp3) is 0.308. The van der Waals surface area contributed by atoms with E-state index in [1.165, 1.54) is 0 Å². The smallest absolute Gasteiger partial charge is 0.251 e. The number of pyridine rings is 1. The molecule has 1 amide bonds. The third-order valence-electron chi connectivity index (χ3n) is 5.59. The van der Waals surface area contributed by atoms with Crippen LogP contribution < -0.4 is 16.4 Å². The standard InChI is InChI=1S/C26H32N4O3/c1-16-9-20(10-17(2)25(16)32)13-30-26(33)21-6-4-5-19(12-21)11-18(3)28-15-23(31)22-7-8-24(27)29-14-22/h4-10,12,14,18,23,28,31-32H,11,13,15H2,1-3H3,(H2,27,29)(H,30,33)/t18-,23-/m1/s1. The van der Waals surface area contributed by atoms with E-state index in [1.54, 1.807) is 24.4 Å². The van der Waals surface area contributed by atoms with Crippen LogP contribution >= 0.6 is 0 Å². The van der Waals surface area contributed by atoms with E-state index in [2.05, 4.69) is 15.6 Å². The lowest BCUT2D eigenvalue weighted by molar-refractivity contribution is 0.0950. The number of nitrogens with one attached hydrogen (secondary N) is 2. The lowest BCUT2D eigenvalue weighted by Gasteiger charge is -2.18. The average Bonchev–Trinajstić information content (AvgIpc) is 2.80. The molecule has 7 heteroatoms. The summed E-state index contributed by atoms with van der Waals surface area (Å²) < 4.78 is 0. The molecule has 0 aliphatic carbocycles. The van der Waals surface area contributed by atoms with Crippen molar-refractivity contribution in [2.45, 2.75) is 45.9 Å². The summed E-state index contributed by atoms with van der Waals surface area (Å²) in [6.45, 7) is 6.51. The summed E-state index contributed by atoms with van der Waals surface area (Å²) in [6.07, 6.45) is 1.61. The van der Waals surface area contributed by atoms with Gasteiger partial charge in [0.25, 0.3) is 5.91 Å². The number of carbonyl (C=O) groups is 1. The number of nitrogens with zero attached hydrogens (tertiary/aromatic N) is 1. The minimum Gasteiger partial charge on any atom is -0.507 e. The molecule has 0 radical (unpaired) electrons. The van der Waals surface area contributed by atoms with Gasteiger partial charge in [-0.25, -0.2) is 4.98 Å². The highest BCUT2D eigenvalue weighted by atomic mass is 16.3. The van der Waals surface area contributed by atoms with Gasteiger partial charge in [-0.1, -0.05) is 30.3 Å². The Labute approximate surface area is 194 Å². The number of aromatic hydroxyl groups is 1. The molecule has 6 N–H and O–H groups in total. The number of aromatic nitrogens is 1. The van der Waals surface area contributed by atoms with Crippen molar-refractivity contribution < 1.29 is 15.0 Å². The molecular formula is C26H32N4O3. The highest BCUT2D eigenvalue weighted by Crippen LogP contribution is 2.23. The van der Waals surface area contributed by atoms with Crippen LogP contribution in [0.2, 0.25) is 0 Å². The van der Waals surface area contributed by atoms with Crippen molar-refractivity contribution in [1.82, 2.24) is 15.6 Å². The van der Waals surface area contributed by atoms with Crippen LogP contribution in [0.1, 0.15) is 51.2 Å². The Morgan fingerprint density at radius 1 is 1.09 bits per heavy atom. The van der Waals surface area contributed by atoms with E-state index in [0.29, 0.717) is 36.5 Å². The van der Waals surface area contributed by atoms with Crippen LogP contribution in [-0.2, 0) is 13.0 Å². The number of benzene rings is 2. The summed E-state index contributed by atoms with van der Waals surface area (Å²) in [4.78, 5) is 16.7. The number of hydrogen-bond donors (Lipinski definition) is 5. The summed E-state index contributed by atoms with van der Waals surface area (Å²) in [5.74, 6) is 0.565. The molecule has 2 aromatic carbocycles. The lowest BCUT2D eigenvalue weighted by atomic mass is 10.0. The van der Waals surface area contributed by atoms with Gasteiger partial charge in [0.05, 0.1) is 6.10 Å². The molecule has 0 aliphatic rings. The van der Waals surface area contributed by atoms with Crippen LogP contribution in [0.15, 0.2) is 54.7 Å². The molecule has 0 bridgehead atoms. The molecule has 0 fully saturated rings. The minimum atomic E-state index is -0.676. The highest BCUT2D eigenvalue weighted by Gasteiger charge is 2.12. The molecule has 174 valence electrons. The number of carbonyl (C=O) groups excluding carboxylic acids is 1. The number of amides is 1. The number of aliphatic hydroxyl groups is 1. The molecule has 3 rings (SSSR count). The Morgan fingerprint density at radius 2 is 1.82 bits per heavy atom. The number of aliphatic hydroxyl groups excluding tert-OH is 1. The Morgan fingerprint density at radius 3 is 2.48 bits per heavy atom. The van der Waals surface area contributed by atoms with Gasteiger partial charge in [0.1, 0.15) is 11.6 Å². The van der Waals surface area contributed by atoms with Crippen LogP contribution in [-0.4, -0.2) is 33.7 Å². The molecular weight excluding hydrogens is 416 g/mol. The number of nitrogens with two attached hydrogens (primary N) is 1. The first kappa shape index (κ1) is 24.2. The van der Waals surface area contributed by atoms with Gasteiger partial charge in [-0.3, -0.25) is 4.79 Å². The minimum absolute atomic E-state index is 0.0997. The first-order chi connectivity index (χ1) is 15.7. The van der Waals surface area contributed by atoms with Gasteiger partial charge in [0, 0.05) is 36.5 Å². The van der Waals surface area contributed by atoms with Crippen molar-refractivity contribution in [3.8, 4) is 5.75 Å². The fourth-order valence-corrected chi connectivity index (χ4v) is 3.74. The van der Waals surface area contributed by atoms with Crippen molar-refractivity contribution in [2.75, 3.05) is 12.3 Å². The molecule has 3 aromatic rings. The molecule has 0 saturated carbocycles. The maximum atomic E-state index is 12.7. The Kier molecular flexibility index (Phi) is 8.03. The van der Waals surface area contributed by atoms with E-state index >= 15 is 0 Å². The topological polar surface area (TPSA) is 120 Å². The first-order valence-corrected chi connectivity index (χ1v) is 11.0. The number of phenols is 1. The normalized spacial score (nSPS) is 12.8. The van der Waals surface area contributed by atoms with Gasteiger partial charge in [-0.05, 0) is 67.6 Å². The second-order valence-electron chi connectivity index (χ2n) is 8.51. The van der Waals surface area contributed by atoms with E-state index in [-0.39, 0.29) is 17.7 Å². The predicted molar refractivity (Wildman–Crippen MR) is 130 cm³/mol. The summed E-state index contributed by atoms with van der Waals surface area (Å²) in [5, 5.41) is 26.5. The zero-order valence-electron chi connectivity index (χ0n) is 19.3. The molecule has 0 spiro atoms. The largest absolute Gasteiger partial charge is 0.507 e. The van der Waals surface area contributed by atoms with E-state index in [0.717, 1.165) is 22.3 Å². The van der Waals surface area contributed by atoms with Crippen molar-refractivity contribution in [3.05, 3.63) is 88.1 Å². The van der Waals surface area contributed by atoms with Crippen molar-refractivity contribution in [2.24, 2.45) is 0 Å². The summed E-state index contributed by atoms with van der Waals surface area (Å²) in [6, 6.07) is 14.8. The maximum absolute atomic E-state index is 12.7. The van der Waals surface area contributed by atoms with E-state index in [4.69, 9.17) is 5.73 Å². The number of hydrogen-bond acceptors (Lipinski definition) is 6. The summed E-state index contributed by atoms with van der Waals surface area (Å²) >= 11 is 0. The molecule has 1 aromatic heterocycles. The van der Waals surface area contributed by atoms with Crippen molar-refractivity contribution in [3.63, 3.8) is 0 Å². The summed E-state index contributed by atoms with van der Waals surface area (Å²) in [5.41, 5.74) is 10.5. The van der Waals surface area contributed by atoms with E-state index in [9.17, 15) is 15.0 Å². The third kappa shape index (κ3) is 6.78. The number of anilines is 1. The highest BCUT2D eigenvalue weighted by molar-refractivity contribution is 5.94. The zero-order chi connectivity index (χ0) is 24.0. The zero-order valence-corrected chi connectivity index (χ0v) is 19.3. The quantitative estimate of drug-likeness (QED) is 0.343. The SMILES string of the molecule is Cc1cc(CNC(=O)c2cccc(C[C@@H](C)NC[C@@H](O)c3ccc(N)nc3)c2)cc(C)c1O. The molecule has 0 aliphatic heterocycles. The lowest BCUT2D eigenvalue weighted by Crippen LogP contribution is -2.32. The molecule has 7 nitrogen and oxygen atoms in total. The average molecular weight is 449 g/mol. The van der Waals surface area contributed by atoms with Crippen LogP contribution in [0.5, 0.6) is 5.75 Å². The van der Waals surface area contributed by atoms with Gasteiger partial charge >= 0.3 is 0 Å². The van der Waals surface area contributed by atoms with Crippen LogP contribution in [0.25, 0.3) is 0 Å². The Balaban J connectivity index is 1.53. The number of nitrogen functional groups attached to an aromatic ring is 1. The van der Waals surface area contributed by atoms with Gasteiger partial charge in [-0.15, -0.1) is 0 Å². The van der Waals surface area contributed by atoms with Gasteiger partial charge in [0.2, 0.25) is 0 Å². The number of phenolic OH excluding ortho intramolecular Hbond substituents is 1. The van der Waals surface area contributed by atoms with Crippen molar-refractivity contribution >= 4 is 11.7 Å². The monoisotopic (exact) mass is 448 g/mol. The molecule has 33 heavy (non-hydrogen) atoms. The first-order valence-electron chi connectivity index (χ1n) is 11.0. The van der Waals surface area contributed by atoms with Gasteiger partial charge in [-0.2, -0.15) is 0 Å². The van der Waals surface area contributed by atoms with Crippen LogP contribution in [0.3, 0.4) is 0 Å². The molecule has 0 unspecified atom stereocenters. The maximum Gasteiger partial charge on any atom is 0.251 e. The van der Waals surface area contributed by atoms with Crippen LogP contribution in [0, 0.1) is 13.8 Å². The van der Waals surface area contributed by atoms with Gasteiger partial charge < -0.3 is 26.6 Å². The van der Waals surface area contributed by atoms with Gasteiger partial charge in [0.15, 0.2) is 0 Å². The van der Waals surface area contributed by atoms with Crippen molar-refractivity contribution in [1.29, 1.82) is 0 Å². The Hall–Kier alpha value is -3.42. The molecule has 2 atom stereocenters. The van der Waals surface area contributed by atoms with Crippen LogP contribution in [0.4, 0.5) is 5.82 Å². The third-order valence-corrected chi connectivity index (χ3v) is 5.59. The second-order valence-corrected chi connectivity index (χ2v) is 8.51. The van der Waals surface area contributed by atoms with E-state index < -0.39 is 6.10 Å². The molecule has 0 saturated heterocycles.